The lowest BCUT2D eigenvalue weighted by atomic mass is 9.93. The Balaban J connectivity index is 1.70. The molecule has 1 aromatic heterocycles. The number of rotatable bonds is 3. The number of fused-ring (bicyclic) bond motifs is 1. The Labute approximate surface area is 148 Å². The first kappa shape index (κ1) is 15.1. The summed E-state index contributed by atoms with van der Waals surface area (Å²) in [6.07, 6.45) is 0.862. The molecule has 0 radical (unpaired) electrons. The molecular weight excluding hydrogens is 370 g/mol. The van der Waals surface area contributed by atoms with Gasteiger partial charge in [-0.1, -0.05) is 45.3 Å². The van der Waals surface area contributed by atoms with Crippen LogP contribution in [0.4, 0.5) is 5.95 Å². The summed E-state index contributed by atoms with van der Waals surface area (Å²) in [6, 6.07) is 16.6. The molecule has 4 rings (SSSR count). The lowest BCUT2D eigenvalue weighted by molar-refractivity contribution is 0.412. The second-order valence-corrected chi connectivity index (χ2v) is 6.64. The average molecular weight is 386 g/mol. The van der Waals surface area contributed by atoms with Crippen molar-refractivity contribution in [3.8, 4) is 5.75 Å². The smallest absolute Gasteiger partial charge is 0.243 e. The predicted octanol–water partition coefficient (Wildman–Crippen LogP) is 3.59. The second-order valence-electron chi connectivity index (χ2n) is 5.72. The van der Waals surface area contributed by atoms with Gasteiger partial charge >= 0.3 is 0 Å². The third kappa shape index (κ3) is 2.75. The summed E-state index contributed by atoms with van der Waals surface area (Å²) in [5, 5.41) is 15.5. The van der Waals surface area contributed by atoms with Crippen LogP contribution < -0.4 is 10.1 Å². The van der Waals surface area contributed by atoms with Gasteiger partial charge in [0.25, 0.3) is 0 Å². The van der Waals surface area contributed by atoms with E-state index in [4.69, 9.17) is 4.74 Å². The quantitative estimate of drug-likeness (QED) is 0.745. The molecule has 1 N–H and O–H groups in total. The number of tetrazole rings is 1. The first-order valence-corrected chi connectivity index (χ1v) is 8.48. The van der Waals surface area contributed by atoms with Crippen molar-refractivity contribution in [2.45, 2.75) is 18.5 Å². The van der Waals surface area contributed by atoms with Crippen LogP contribution in [0.5, 0.6) is 5.75 Å². The van der Waals surface area contributed by atoms with Gasteiger partial charge in [-0.3, -0.25) is 0 Å². The minimum absolute atomic E-state index is 0.0841. The predicted molar refractivity (Wildman–Crippen MR) is 94.1 cm³/mol. The van der Waals surface area contributed by atoms with Gasteiger partial charge in [0.05, 0.1) is 19.2 Å². The summed E-state index contributed by atoms with van der Waals surface area (Å²) in [5.41, 5.74) is 2.36. The molecule has 0 aliphatic carbocycles. The Morgan fingerprint density at radius 2 is 2.00 bits per heavy atom. The fourth-order valence-electron chi connectivity index (χ4n) is 3.08. The highest BCUT2D eigenvalue weighted by atomic mass is 79.9. The Kier molecular flexibility index (Phi) is 3.93. The number of methoxy groups -OCH3 is 1. The molecule has 2 aromatic carbocycles. The van der Waals surface area contributed by atoms with Gasteiger partial charge < -0.3 is 10.1 Å². The zero-order chi connectivity index (χ0) is 16.5. The number of nitrogens with zero attached hydrogens (tertiary/aromatic N) is 4. The van der Waals surface area contributed by atoms with Gasteiger partial charge in [0.1, 0.15) is 5.75 Å². The molecule has 0 saturated carbocycles. The Morgan fingerprint density at radius 1 is 1.17 bits per heavy atom. The number of nitrogens with one attached hydrogen (secondary N) is 1. The van der Waals surface area contributed by atoms with Gasteiger partial charge in [0.2, 0.25) is 5.95 Å². The number of ether oxygens (including phenoxy) is 1. The highest BCUT2D eigenvalue weighted by Gasteiger charge is 2.30. The SMILES string of the molecule is COc1ccc([C@@H]2C[C@H](c3cccc(Br)c3)n3nnnc3N2)cc1. The van der Waals surface area contributed by atoms with Crippen LogP contribution in [0.3, 0.4) is 0 Å². The van der Waals surface area contributed by atoms with Crippen molar-refractivity contribution >= 4 is 21.9 Å². The van der Waals surface area contributed by atoms with E-state index >= 15 is 0 Å². The monoisotopic (exact) mass is 385 g/mol. The van der Waals surface area contributed by atoms with Crippen molar-refractivity contribution in [1.29, 1.82) is 0 Å². The number of aromatic nitrogens is 4. The number of anilines is 1. The van der Waals surface area contributed by atoms with Crippen LogP contribution in [0.2, 0.25) is 0 Å². The van der Waals surface area contributed by atoms with Crippen molar-refractivity contribution in [2.75, 3.05) is 12.4 Å². The summed E-state index contributed by atoms with van der Waals surface area (Å²) < 4.78 is 8.14. The molecule has 0 saturated heterocycles. The summed E-state index contributed by atoms with van der Waals surface area (Å²) in [6.45, 7) is 0. The van der Waals surface area contributed by atoms with E-state index in [1.54, 1.807) is 7.11 Å². The molecule has 7 heteroatoms. The maximum atomic E-state index is 5.24. The van der Waals surface area contributed by atoms with E-state index in [1.807, 2.05) is 28.9 Å². The van der Waals surface area contributed by atoms with Crippen molar-refractivity contribution < 1.29 is 4.74 Å². The first-order chi connectivity index (χ1) is 11.7. The maximum Gasteiger partial charge on any atom is 0.243 e. The summed E-state index contributed by atoms with van der Waals surface area (Å²) >= 11 is 3.54. The third-order valence-electron chi connectivity index (χ3n) is 4.30. The Bertz CT molecular complexity index is 848. The van der Waals surface area contributed by atoms with Crippen molar-refractivity contribution in [3.05, 3.63) is 64.1 Å². The summed E-state index contributed by atoms with van der Waals surface area (Å²) in [5.74, 6) is 1.54. The molecule has 0 unspecified atom stereocenters. The first-order valence-electron chi connectivity index (χ1n) is 7.68. The molecular formula is C17H16BrN5O. The zero-order valence-electron chi connectivity index (χ0n) is 13.1. The minimum atomic E-state index is 0.0841. The molecule has 2 heterocycles. The molecule has 2 atom stereocenters. The standard InChI is InChI=1S/C17H16BrN5O/c1-24-14-7-5-11(6-8-14)15-10-16(12-3-2-4-13(18)9-12)23-17(19-15)20-21-22-23/h2-9,15-16H,10H2,1H3,(H,19,20,22)/t15-,16+/m0/s1. The molecule has 122 valence electrons. The van der Waals surface area contributed by atoms with E-state index in [1.165, 1.54) is 11.1 Å². The Hall–Kier alpha value is -2.41. The van der Waals surface area contributed by atoms with E-state index in [2.05, 4.69) is 61.0 Å². The number of halogens is 1. The molecule has 1 aliphatic rings. The molecule has 0 spiro atoms. The Morgan fingerprint density at radius 3 is 2.75 bits per heavy atom. The largest absolute Gasteiger partial charge is 0.497 e. The fourth-order valence-corrected chi connectivity index (χ4v) is 3.50. The van der Waals surface area contributed by atoms with Gasteiger partial charge in [-0.2, -0.15) is 0 Å². The van der Waals surface area contributed by atoms with E-state index in [9.17, 15) is 0 Å². The fraction of sp³-hybridized carbons (Fsp3) is 0.235. The van der Waals surface area contributed by atoms with Gasteiger partial charge in [0.15, 0.2) is 0 Å². The van der Waals surface area contributed by atoms with E-state index in [-0.39, 0.29) is 12.1 Å². The molecule has 1 aliphatic heterocycles. The molecule has 6 nitrogen and oxygen atoms in total. The summed E-state index contributed by atoms with van der Waals surface area (Å²) in [7, 11) is 1.67. The van der Waals surface area contributed by atoms with Crippen LogP contribution in [-0.2, 0) is 0 Å². The van der Waals surface area contributed by atoms with E-state index in [0.29, 0.717) is 5.95 Å². The maximum absolute atomic E-state index is 5.24. The normalized spacial score (nSPS) is 19.4. The lowest BCUT2D eigenvalue weighted by Gasteiger charge is -2.31. The van der Waals surface area contributed by atoms with Crippen LogP contribution >= 0.6 is 15.9 Å². The van der Waals surface area contributed by atoms with E-state index < -0.39 is 0 Å². The molecule has 3 aromatic rings. The third-order valence-corrected chi connectivity index (χ3v) is 4.80. The van der Waals surface area contributed by atoms with Crippen molar-refractivity contribution in [3.63, 3.8) is 0 Å². The van der Waals surface area contributed by atoms with Gasteiger partial charge in [-0.05, 0) is 52.2 Å². The zero-order valence-corrected chi connectivity index (χ0v) is 14.6. The topological polar surface area (TPSA) is 64.9 Å². The van der Waals surface area contributed by atoms with Gasteiger partial charge in [0, 0.05) is 4.47 Å². The van der Waals surface area contributed by atoms with Crippen LogP contribution in [0.1, 0.15) is 29.6 Å². The van der Waals surface area contributed by atoms with Crippen LogP contribution in [0.25, 0.3) is 0 Å². The van der Waals surface area contributed by atoms with Gasteiger partial charge in [-0.15, -0.1) is 0 Å². The van der Waals surface area contributed by atoms with Gasteiger partial charge in [-0.25, -0.2) is 4.68 Å². The highest BCUT2D eigenvalue weighted by molar-refractivity contribution is 9.10. The molecule has 0 fully saturated rings. The molecule has 24 heavy (non-hydrogen) atoms. The second kappa shape index (κ2) is 6.24. The van der Waals surface area contributed by atoms with Crippen LogP contribution in [0.15, 0.2) is 53.0 Å². The summed E-state index contributed by atoms with van der Waals surface area (Å²) in [4.78, 5) is 0. The average Bonchev–Trinajstić information content (AvgIpc) is 3.09. The van der Waals surface area contributed by atoms with Crippen molar-refractivity contribution in [1.82, 2.24) is 20.2 Å². The molecule has 0 amide bonds. The number of hydrogen-bond acceptors (Lipinski definition) is 5. The number of benzene rings is 2. The minimum Gasteiger partial charge on any atom is -0.497 e. The van der Waals surface area contributed by atoms with E-state index in [0.717, 1.165) is 16.6 Å². The van der Waals surface area contributed by atoms with Crippen LogP contribution in [0, 0.1) is 0 Å². The van der Waals surface area contributed by atoms with Crippen molar-refractivity contribution in [2.24, 2.45) is 0 Å². The van der Waals surface area contributed by atoms with Crippen LogP contribution in [-0.4, -0.2) is 27.3 Å². The lowest BCUT2D eigenvalue weighted by Crippen LogP contribution is -2.28. The molecule has 0 bridgehead atoms. The number of hydrogen-bond donors (Lipinski definition) is 1. The highest BCUT2D eigenvalue weighted by Crippen LogP contribution is 2.37.